The number of aromatic nitrogens is 1. The van der Waals surface area contributed by atoms with Gasteiger partial charge in [-0.15, -0.1) is 12.4 Å². The average molecular weight is 348 g/mol. The van der Waals surface area contributed by atoms with E-state index in [9.17, 15) is 5.26 Å². The van der Waals surface area contributed by atoms with Crippen LogP contribution in [0.3, 0.4) is 0 Å². The number of nitriles is 1. The largest absolute Gasteiger partial charge is 0.497 e. The summed E-state index contributed by atoms with van der Waals surface area (Å²) < 4.78 is 7.08. The maximum atomic E-state index is 9.48. The van der Waals surface area contributed by atoms with Gasteiger partial charge in [0, 0.05) is 17.6 Å². The highest BCUT2D eigenvalue weighted by molar-refractivity contribution is 6.37. The minimum absolute atomic E-state index is 0. The van der Waals surface area contributed by atoms with E-state index in [4.69, 9.17) is 22.1 Å². The summed E-state index contributed by atoms with van der Waals surface area (Å²) in [6, 6.07) is 15.5. The van der Waals surface area contributed by atoms with Crippen LogP contribution in [-0.4, -0.2) is 11.7 Å². The molecule has 6 heteroatoms. The number of nitrogens with zero attached hydrogens (tertiary/aromatic N) is 2. The number of hydrogen-bond donors (Lipinski definition) is 1. The van der Waals surface area contributed by atoms with Gasteiger partial charge in [0.1, 0.15) is 17.5 Å². The molecule has 118 valence electrons. The average Bonchev–Trinajstić information content (AvgIpc) is 2.86. The SMILES string of the molecule is COc1ccc2c(c1)c(Cl)c(C#N)n2-c1ccc(CN)cc1.Cl. The molecule has 0 atom stereocenters. The topological polar surface area (TPSA) is 64.0 Å². The van der Waals surface area contributed by atoms with Gasteiger partial charge in [-0.1, -0.05) is 23.7 Å². The molecule has 3 rings (SSSR count). The van der Waals surface area contributed by atoms with Crippen molar-refractivity contribution in [3.63, 3.8) is 0 Å². The third kappa shape index (κ3) is 2.87. The van der Waals surface area contributed by atoms with Crippen molar-refractivity contribution < 1.29 is 4.74 Å². The van der Waals surface area contributed by atoms with Crippen molar-refractivity contribution in [2.75, 3.05) is 7.11 Å². The first-order chi connectivity index (χ1) is 10.7. The van der Waals surface area contributed by atoms with Crippen LogP contribution in [0.15, 0.2) is 42.5 Å². The molecule has 3 aromatic rings. The first-order valence-electron chi connectivity index (χ1n) is 6.77. The summed E-state index contributed by atoms with van der Waals surface area (Å²) in [5.41, 5.74) is 8.80. The van der Waals surface area contributed by atoms with E-state index in [2.05, 4.69) is 6.07 Å². The smallest absolute Gasteiger partial charge is 0.144 e. The van der Waals surface area contributed by atoms with E-state index in [0.29, 0.717) is 23.0 Å². The quantitative estimate of drug-likeness (QED) is 0.777. The molecule has 2 aromatic carbocycles. The van der Waals surface area contributed by atoms with Crippen molar-refractivity contribution in [1.82, 2.24) is 4.57 Å². The molecule has 0 unspecified atom stereocenters. The van der Waals surface area contributed by atoms with Crippen LogP contribution in [0.4, 0.5) is 0 Å². The van der Waals surface area contributed by atoms with Gasteiger partial charge >= 0.3 is 0 Å². The van der Waals surface area contributed by atoms with Gasteiger partial charge in [0.2, 0.25) is 0 Å². The van der Waals surface area contributed by atoms with E-state index in [1.54, 1.807) is 7.11 Å². The molecule has 1 heterocycles. The Morgan fingerprint density at radius 2 is 1.91 bits per heavy atom. The molecule has 0 spiro atoms. The Hall–Kier alpha value is -2.19. The molecule has 2 N–H and O–H groups in total. The Balaban J connectivity index is 0.00000192. The van der Waals surface area contributed by atoms with E-state index < -0.39 is 0 Å². The van der Waals surface area contributed by atoms with Crippen molar-refractivity contribution >= 4 is 34.9 Å². The number of halogens is 2. The Kier molecular flexibility index (Phi) is 5.17. The summed E-state index contributed by atoms with van der Waals surface area (Å²) in [4.78, 5) is 0. The molecule has 0 aliphatic rings. The second-order valence-electron chi connectivity index (χ2n) is 4.86. The molecule has 0 saturated carbocycles. The van der Waals surface area contributed by atoms with Crippen LogP contribution in [0.25, 0.3) is 16.6 Å². The van der Waals surface area contributed by atoms with Gasteiger partial charge in [-0.3, -0.25) is 4.57 Å². The second-order valence-corrected chi connectivity index (χ2v) is 5.24. The van der Waals surface area contributed by atoms with Crippen LogP contribution in [-0.2, 0) is 6.54 Å². The second kappa shape index (κ2) is 6.93. The van der Waals surface area contributed by atoms with E-state index in [1.807, 2.05) is 47.0 Å². The Morgan fingerprint density at radius 3 is 2.48 bits per heavy atom. The molecule has 0 amide bonds. The fourth-order valence-corrected chi connectivity index (χ4v) is 2.79. The number of fused-ring (bicyclic) bond motifs is 1. The van der Waals surface area contributed by atoms with Gasteiger partial charge in [0.05, 0.1) is 17.6 Å². The highest BCUT2D eigenvalue weighted by Gasteiger charge is 2.17. The number of ether oxygens (including phenoxy) is 1. The van der Waals surface area contributed by atoms with Crippen molar-refractivity contribution in [3.8, 4) is 17.5 Å². The monoisotopic (exact) mass is 347 g/mol. The van der Waals surface area contributed by atoms with Gasteiger partial charge in [-0.2, -0.15) is 5.26 Å². The Morgan fingerprint density at radius 1 is 1.22 bits per heavy atom. The zero-order chi connectivity index (χ0) is 15.7. The fraction of sp³-hybridized carbons (Fsp3) is 0.118. The summed E-state index contributed by atoms with van der Waals surface area (Å²) in [7, 11) is 1.60. The molecule has 0 bridgehead atoms. The van der Waals surface area contributed by atoms with Gasteiger partial charge < -0.3 is 10.5 Å². The molecule has 0 aliphatic heterocycles. The van der Waals surface area contributed by atoms with Gasteiger partial charge in [-0.05, 0) is 35.9 Å². The first-order valence-corrected chi connectivity index (χ1v) is 7.14. The van der Waals surface area contributed by atoms with Crippen molar-refractivity contribution in [2.45, 2.75) is 6.54 Å². The summed E-state index contributed by atoms with van der Waals surface area (Å²) in [5.74, 6) is 0.703. The number of methoxy groups -OCH3 is 1. The van der Waals surface area contributed by atoms with Crippen molar-refractivity contribution in [3.05, 3.63) is 58.7 Å². The van der Waals surface area contributed by atoms with Crippen molar-refractivity contribution in [2.24, 2.45) is 5.73 Å². The van der Waals surface area contributed by atoms with Crippen LogP contribution in [0.1, 0.15) is 11.3 Å². The highest BCUT2D eigenvalue weighted by atomic mass is 35.5. The summed E-state index contributed by atoms with van der Waals surface area (Å²) >= 11 is 6.38. The number of nitrogens with two attached hydrogens (primary N) is 1. The lowest BCUT2D eigenvalue weighted by atomic mass is 10.2. The van der Waals surface area contributed by atoms with Gasteiger partial charge in [0.25, 0.3) is 0 Å². The molecule has 0 radical (unpaired) electrons. The maximum absolute atomic E-state index is 9.48. The third-order valence-corrected chi connectivity index (χ3v) is 4.03. The first kappa shape index (κ1) is 17.2. The third-order valence-electron chi connectivity index (χ3n) is 3.65. The predicted molar refractivity (Wildman–Crippen MR) is 94.7 cm³/mol. The Labute approximate surface area is 145 Å². The number of rotatable bonds is 3. The van der Waals surface area contributed by atoms with E-state index in [-0.39, 0.29) is 12.4 Å². The van der Waals surface area contributed by atoms with E-state index in [1.165, 1.54) is 0 Å². The Bertz CT molecular complexity index is 879. The minimum atomic E-state index is 0. The summed E-state index contributed by atoms with van der Waals surface area (Å²) in [6.45, 7) is 0.482. The van der Waals surface area contributed by atoms with Crippen LogP contribution in [0.2, 0.25) is 5.02 Å². The number of benzene rings is 2. The van der Waals surface area contributed by atoms with Gasteiger partial charge in [0.15, 0.2) is 0 Å². The van der Waals surface area contributed by atoms with Gasteiger partial charge in [-0.25, -0.2) is 0 Å². The van der Waals surface area contributed by atoms with Crippen LogP contribution in [0, 0.1) is 11.3 Å². The van der Waals surface area contributed by atoms with E-state index >= 15 is 0 Å². The normalized spacial score (nSPS) is 10.2. The standard InChI is InChI=1S/C17H14ClN3O.ClH/c1-22-13-6-7-15-14(8-13)17(18)16(10-20)21(15)12-4-2-11(9-19)3-5-12;/h2-8H,9,19H2,1H3;1H. The molecule has 4 nitrogen and oxygen atoms in total. The lowest BCUT2D eigenvalue weighted by Gasteiger charge is -2.08. The molecule has 0 aliphatic carbocycles. The lowest BCUT2D eigenvalue weighted by Crippen LogP contribution is -1.99. The van der Waals surface area contributed by atoms with Crippen LogP contribution in [0.5, 0.6) is 5.75 Å². The molecular weight excluding hydrogens is 333 g/mol. The van der Waals surface area contributed by atoms with Crippen LogP contribution >= 0.6 is 24.0 Å². The highest BCUT2D eigenvalue weighted by Crippen LogP contribution is 2.35. The number of hydrogen-bond acceptors (Lipinski definition) is 3. The van der Waals surface area contributed by atoms with Crippen molar-refractivity contribution in [1.29, 1.82) is 5.26 Å². The zero-order valence-corrected chi connectivity index (χ0v) is 14.0. The fourth-order valence-electron chi connectivity index (χ4n) is 2.51. The summed E-state index contributed by atoms with van der Waals surface area (Å²) in [6.07, 6.45) is 0. The zero-order valence-electron chi connectivity index (χ0n) is 12.4. The molecule has 0 saturated heterocycles. The maximum Gasteiger partial charge on any atom is 0.144 e. The van der Waals surface area contributed by atoms with E-state index in [0.717, 1.165) is 22.2 Å². The van der Waals surface area contributed by atoms with Crippen LogP contribution < -0.4 is 10.5 Å². The molecule has 1 aromatic heterocycles. The predicted octanol–water partition coefficient (Wildman–Crippen LogP) is 4.04. The molecule has 0 fully saturated rings. The summed E-state index contributed by atoms with van der Waals surface area (Å²) in [5, 5.41) is 10.7. The minimum Gasteiger partial charge on any atom is -0.497 e. The molecular formula is C17H15Cl2N3O. The lowest BCUT2D eigenvalue weighted by molar-refractivity contribution is 0.415. The molecule has 23 heavy (non-hydrogen) atoms.